The van der Waals surface area contributed by atoms with E-state index in [9.17, 15) is 4.79 Å². The van der Waals surface area contributed by atoms with Crippen molar-refractivity contribution in [3.05, 3.63) is 30.1 Å². The maximum absolute atomic E-state index is 10.9. The Morgan fingerprint density at radius 2 is 1.77 bits per heavy atom. The van der Waals surface area contributed by atoms with Gasteiger partial charge in [-0.15, -0.1) is 0 Å². The van der Waals surface area contributed by atoms with E-state index < -0.39 is 0 Å². The number of fused-ring (bicyclic) bond motifs is 1. The van der Waals surface area contributed by atoms with Crippen molar-refractivity contribution in [3.8, 4) is 0 Å². The second-order valence-corrected chi connectivity index (χ2v) is 5.56. The minimum atomic E-state index is -0.279. The van der Waals surface area contributed by atoms with Crippen LogP contribution in [0.2, 0.25) is 0 Å². The molecular weight excluding hydrogens is 280 g/mol. The molecule has 116 valence electrons. The number of nitrogen functional groups attached to an aromatic ring is 1. The molecule has 22 heavy (non-hydrogen) atoms. The molecule has 0 unspecified atom stereocenters. The van der Waals surface area contributed by atoms with E-state index in [0.29, 0.717) is 18.9 Å². The Bertz CT molecular complexity index is 681. The molecule has 4 N–H and O–H groups in total. The van der Waals surface area contributed by atoms with Gasteiger partial charge in [-0.1, -0.05) is 12.1 Å². The van der Waals surface area contributed by atoms with Crippen molar-refractivity contribution < 1.29 is 4.79 Å². The van der Waals surface area contributed by atoms with Crippen LogP contribution in [0.4, 0.5) is 5.82 Å². The maximum atomic E-state index is 10.9. The predicted octanol–water partition coefficient (Wildman–Crippen LogP) is -0.185. The van der Waals surface area contributed by atoms with Gasteiger partial charge in [-0.3, -0.25) is 14.6 Å². The van der Waals surface area contributed by atoms with Gasteiger partial charge in [0.15, 0.2) is 0 Å². The van der Waals surface area contributed by atoms with Gasteiger partial charge >= 0.3 is 0 Å². The average Bonchev–Trinajstić information content (AvgIpc) is 2.49. The van der Waals surface area contributed by atoms with Gasteiger partial charge in [-0.2, -0.15) is 0 Å². The zero-order chi connectivity index (χ0) is 15.5. The summed E-state index contributed by atoms with van der Waals surface area (Å²) in [7, 11) is 0. The first-order valence-electron chi connectivity index (χ1n) is 7.36. The number of benzene rings is 1. The van der Waals surface area contributed by atoms with E-state index in [-0.39, 0.29) is 5.91 Å². The van der Waals surface area contributed by atoms with Gasteiger partial charge in [0, 0.05) is 31.6 Å². The molecule has 7 heteroatoms. The summed E-state index contributed by atoms with van der Waals surface area (Å²) in [6.07, 6.45) is 0. The van der Waals surface area contributed by atoms with Crippen LogP contribution in [0, 0.1) is 0 Å². The number of anilines is 1. The highest BCUT2D eigenvalue weighted by Crippen LogP contribution is 2.18. The lowest BCUT2D eigenvalue weighted by Crippen LogP contribution is -2.48. The molecule has 0 radical (unpaired) electrons. The number of rotatable bonds is 4. The summed E-state index contributed by atoms with van der Waals surface area (Å²) >= 11 is 0. The molecule has 0 atom stereocenters. The molecule has 1 aliphatic rings. The van der Waals surface area contributed by atoms with E-state index in [2.05, 4.69) is 19.8 Å². The second-order valence-electron chi connectivity index (χ2n) is 5.56. The summed E-state index contributed by atoms with van der Waals surface area (Å²) in [5.41, 5.74) is 12.1. The summed E-state index contributed by atoms with van der Waals surface area (Å²) in [5, 5.41) is 0.887. The molecule has 1 aromatic heterocycles. The third kappa shape index (κ3) is 3.32. The zero-order valence-corrected chi connectivity index (χ0v) is 12.4. The van der Waals surface area contributed by atoms with Gasteiger partial charge in [0.2, 0.25) is 5.91 Å². The zero-order valence-electron chi connectivity index (χ0n) is 12.4. The molecule has 1 fully saturated rings. The normalized spacial score (nSPS) is 16.9. The van der Waals surface area contributed by atoms with Gasteiger partial charge in [0.25, 0.3) is 0 Å². The highest BCUT2D eigenvalue weighted by molar-refractivity contribution is 5.87. The summed E-state index contributed by atoms with van der Waals surface area (Å²) in [6.45, 7) is 4.37. The van der Waals surface area contributed by atoms with Crippen LogP contribution < -0.4 is 11.5 Å². The molecule has 1 amide bonds. The van der Waals surface area contributed by atoms with Crippen LogP contribution in [-0.2, 0) is 11.3 Å². The number of primary amides is 1. The van der Waals surface area contributed by atoms with E-state index in [1.165, 1.54) is 0 Å². The first-order valence-corrected chi connectivity index (χ1v) is 7.36. The Morgan fingerprint density at radius 1 is 1.09 bits per heavy atom. The van der Waals surface area contributed by atoms with Gasteiger partial charge in [0.1, 0.15) is 11.6 Å². The van der Waals surface area contributed by atoms with Crippen LogP contribution in [0.25, 0.3) is 10.9 Å². The molecule has 0 aliphatic carbocycles. The van der Waals surface area contributed by atoms with Crippen LogP contribution in [0.5, 0.6) is 0 Å². The van der Waals surface area contributed by atoms with Gasteiger partial charge in [-0.25, -0.2) is 9.97 Å². The first-order chi connectivity index (χ1) is 10.6. The van der Waals surface area contributed by atoms with Crippen molar-refractivity contribution in [1.29, 1.82) is 0 Å². The molecule has 2 heterocycles. The van der Waals surface area contributed by atoms with Crippen LogP contribution in [0.1, 0.15) is 5.82 Å². The Labute approximate surface area is 128 Å². The third-order valence-corrected chi connectivity index (χ3v) is 3.89. The van der Waals surface area contributed by atoms with Crippen LogP contribution >= 0.6 is 0 Å². The Balaban J connectivity index is 1.66. The SMILES string of the molecule is NC(=O)CN1CCN(Cc2nc(N)c3ccccc3n2)CC1. The second kappa shape index (κ2) is 6.25. The summed E-state index contributed by atoms with van der Waals surface area (Å²) in [5.74, 6) is 0.978. The third-order valence-electron chi connectivity index (χ3n) is 3.89. The number of hydrogen-bond donors (Lipinski definition) is 2. The number of aromatic nitrogens is 2. The lowest BCUT2D eigenvalue weighted by atomic mass is 10.2. The Hall–Kier alpha value is -2.25. The molecule has 0 bridgehead atoms. The Kier molecular flexibility index (Phi) is 4.17. The molecular formula is C15H20N6O. The molecule has 1 aromatic carbocycles. The quantitative estimate of drug-likeness (QED) is 0.812. The summed E-state index contributed by atoms with van der Waals surface area (Å²) in [4.78, 5) is 24.2. The van der Waals surface area contributed by atoms with Crippen LogP contribution in [-0.4, -0.2) is 58.4 Å². The maximum Gasteiger partial charge on any atom is 0.231 e. The van der Waals surface area contributed by atoms with E-state index in [4.69, 9.17) is 11.5 Å². The van der Waals surface area contributed by atoms with Crippen molar-refractivity contribution in [1.82, 2.24) is 19.8 Å². The van der Waals surface area contributed by atoms with E-state index >= 15 is 0 Å². The van der Waals surface area contributed by atoms with E-state index in [1.807, 2.05) is 24.3 Å². The standard InChI is InChI=1S/C15H20N6O/c16-13(22)9-20-5-7-21(8-6-20)10-14-18-12-4-2-1-3-11(12)15(17)19-14/h1-4H,5-10H2,(H2,16,22)(H2,17,18,19). The number of hydrogen-bond acceptors (Lipinski definition) is 6. The molecule has 3 rings (SSSR count). The highest BCUT2D eigenvalue weighted by atomic mass is 16.1. The summed E-state index contributed by atoms with van der Waals surface area (Å²) < 4.78 is 0. The first kappa shape index (κ1) is 14.7. The lowest BCUT2D eigenvalue weighted by Gasteiger charge is -2.33. The molecule has 0 saturated carbocycles. The number of amides is 1. The van der Waals surface area contributed by atoms with Gasteiger partial charge in [0.05, 0.1) is 18.6 Å². The fourth-order valence-electron chi connectivity index (χ4n) is 2.75. The van der Waals surface area contributed by atoms with Crippen molar-refractivity contribution in [3.63, 3.8) is 0 Å². The molecule has 7 nitrogen and oxygen atoms in total. The molecule has 0 spiro atoms. The molecule has 2 aromatic rings. The van der Waals surface area contributed by atoms with Crippen molar-refractivity contribution in [2.75, 3.05) is 38.5 Å². The van der Waals surface area contributed by atoms with Crippen LogP contribution in [0.3, 0.4) is 0 Å². The monoisotopic (exact) mass is 300 g/mol. The minimum Gasteiger partial charge on any atom is -0.383 e. The fourth-order valence-corrected chi connectivity index (χ4v) is 2.75. The van der Waals surface area contributed by atoms with Gasteiger partial charge in [-0.05, 0) is 12.1 Å². The van der Waals surface area contributed by atoms with Crippen LogP contribution in [0.15, 0.2) is 24.3 Å². The number of para-hydroxylation sites is 1. The van der Waals surface area contributed by atoms with Crippen molar-refractivity contribution >= 4 is 22.6 Å². The fraction of sp³-hybridized carbons (Fsp3) is 0.400. The largest absolute Gasteiger partial charge is 0.383 e. The minimum absolute atomic E-state index is 0.279. The number of nitrogens with zero attached hydrogens (tertiary/aromatic N) is 4. The van der Waals surface area contributed by atoms with Crippen molar-refractivity contribution in [2.24, 2.45) is 5.73 Å². The topological polar surface area (TPSA) is 101 Å². The Morgan fingerprint density at radius 3 is 2.50 bits per heavy atom. The van der Waals surface area contributed by atoms with Gasteiger partial charge < -0.3 is 11.5 Å². The average molecular weight is 300 g/mol. The van der Waals surface area contributed by atoms with E-state index in [0.717, 1.165) is 42.9 Å². The summed E-state index contributed by atoms with van der Waals surface area (Å²) in [6, 6.07) is 7.75. The van der Waals surface area contributed by atoms with E-state index in [1.54, 1.807) is 0 Å². The predicted molar refractivity (Wildman–Crippen MR) is 84.9 cm³/mol. The smallest absolute Gasteiger partial charge is 0.231 e. The number of carbonyl (C=O) groups excluding carboxylic acids is 1. The number of carbonyl (C=O) groups is 1. The lowest BCUT2D eigenvalue weighted by molar-refractivity contribution is -0.119. The number of nitrogens with two attached hydrogens (primary N) is 2. The number of piperazine rings is 1. The molecule has 1 saturated heterocycles. The van der Waals surface area contributed by atoms with Crippen molar-refractivity contribution in [2.45, 2.75) is 6.54 Å². The highest BCUT2D eigenvalue weighted by Gasteiger charge is 2.19. The molecule has 1 aliphatic heterocycles.